The van der Waals surface area contributed by atoms with Gasteiger partial charge in [-0.3, -0.25) is 14.5 Å². The van der Waals surface area contributed by atoms with Gasteiger partial charge >= 0.3 is 6.09 Å². The molecule has 1 N–H and O–H groups in total. The first-order valence-corrected chi connectivity index (χ1v) is 8.05. The minimum absolute atomic E-state index is 0.210. The lowest BCUT2D eigenvalue weighted by molar-refractivity contribution is -0.119. The monoisotopic (exact) mass is 356 g/mol. The van der Waals surface area contributed by atoms with Crippen LogP contribution in [-0.4, -0.2) is 37.5 Å². The Kier molecular flexibility index (Phi) is 4.97. The van der Waals surface area contributed by atoms with Crippen LogP contribution in [0, 0.1) is 5.82 Å². The zero-order chi connectivity index (χ0) is 18.7. The molecule has 1 fully saturated rings. The number of nitrogens with one attached hydrogen (secondary N) is 1. The summed E-state index contributed by atoms with van der Waals surface area (Å²) in [5, 5.41) is 2.59. The van der Waals surface area contributed by atoms with Gasteiger partial charge in [-0.05, 0) is 23.8 Å². The van der Waals surface area contributed by atoms with Gasteiger partial charge < -0.3 is 10.1 Å². The number of cyclic esters (lactones) is 1. The van der Waals surface area contributed by atoms with E-state index in [2.05, 4.69) is 5.32 Å². The molecule has 0 bridgehead atoms. The fourth-order valence-electron chi connectivity index (χ4n) is 2.74. The normalized spacial score (nSPS) is 16.3. The first-order chi connectivity index (χ1) is 12.5. The van der Waals surface area contributed by atoms with Crippen molar-refractivity contribution in [1.82, 2.24) is 5.32 Å². The van der Waals surface area contributed by atoms with E-state index in [1.807, 2.05) is 0 Å². The summed E-state index contributed by atoms with van der Waals surface area (Å²) in [6.07, 6.45) is -0.340. The van der Waals surface area contributed by atoms with Gasteiger partial charge in [-0.1, -0.05) is 24.3 Å². The van der Waals surface area contributed by atoms with E-state index in [9.17, 15) is 18.8 Å². The van der Waals surface area contributed by atoms with E-state index in [0.717, 1.165) is 6.29 Å². The molecule has 1 atom stereocenters. The SMILES string of the molecule is CC(=O)NCC1CN(c2ccc(-c3ccc(C=O)cc3)c(F)c2)C(=O)O1. The molecule has 26 heavy (non-hydrogen) atoms. The lowest BCUT2D eigenvalue weighted by Crippen LogP contribution is -2.33. The van der Waals surface area contributed by atoms with Gasteiger partial charge in [-0.25, -0.2) is 9.18 Å². The second-order valence-electron chi connectivity index (χ2n) is 5.96. The van der Waals surface area contributed by atoms with Crippen LogP contribution in [0.15, 0.2) is 42.5 Å². The number of benzene rings is 2. The topological polar surface area (TPSA) is 75.7 Å². The second-order valence-corrected chi connectivity index (χ2v) is 5.96. The highest BCUT2D eigenvalue weighted by Gasteiger charge is 2.32. The third kappa shape index (κ3) is 3.72. The molecule has 0 radical (unpaired) electrons. The molecule has 1 heterocycles. The van der Waals surface area contributed by atoms with Crippen LogP contribution in [-0.2, 0) is 9.53 Å². The fraction of sp³-hybridized carbons (Fsp3) is 0.211. The molecular formula is C19H17FN2O4. The van der Waals surface area contributed by atoms with Crippen molar-refractivity contribution in [1.29, 1.82) is 0 Å². The average Bonchev–Trinajstić information content (AvgIpc) is 3.01. The molecule has 0 saturated carbocycles. The fourth-order valence-corrected chi connectivity index (χ4v) is 2.74. The van der Waals surface area contributed by atoms with Gasteiger partial charge in [0.25, 0.3) is 0 Å². The van der Waals surface area contributed by atoms with E-state index in [1.165, 1.54) is 17.9 Å². The minimum atomic E-state index is -0.581. The number of nitrogens with zero attached hydrogens (tertiary/aromatic N) is 1. The van der Waals surface area contributed by atoms with Crippen LogP contribution >= 0.6 is 0 Å². The van der Waals surface area contributed by atoms with Gasteiger partial charge in [-0.2, -0.15) is 0 Å². The van der Waals surface area contributed by atoms with Gasteiger partial charge in [0.1, 0.15) is 18.2 Å². The van der Waals surface area contributed by atoms with Crippen LogP contribution in [0.3, 0.4) is 0 Å². The first kappa shape index (κ1) is 17.6. The molecule has 0 aromatic heterocycles. The standard InChI is InChI=1S/C19H17FN2O4/c1-12(24)21-9-16-10-22(19(25)26-16)15-6-7-17(18(20)8-15)14-4-2-13(11-23)3-5-14/h2-8,11,16H,9-10H2,1H3,(H,21,24). The Morgan fingerprint density at radius 1 is 1.31 bits per heavy atom. The molecule has 2 aromatic rings. The van der Waals surface area contributed by atoms with Crippen LogP contribution in [0.4, 0.5) is 14.9 Å². The lowest BCUT2D eigenvalue weighted by atomic mass is 10.0. The van der Waals surface area contributed by atoms with E-state index < -0.39 is 18.0 Å². The Labute approximate surface area is 149 Å². The van der Waals surface area contributed by atoms with Crippen molar-refractivity contribution < 1.29 is 23.5 Å². The third-order valence-electron chi connectivity index (χ3n) is 4.07. The summed E-state index contributed by atoms with van der Waals surface area (Å²) in [7, 11) is 0. The molecule has 0 aliphatic carbocycles. The van der Waals surface area contributed by atoms with E-state index in [-0.39, 0.29) is 19.0 Å². The zero-order valence-corrected chi connectivity index (χ0v) is 14.1. The highest BCUT2D eigenvalue weighted by molar-refractivity contribution is 5.90. The zero-order valence-electron chi connectivity index (χ0n) is 14.1. The van der Waals surface area contributed by atoms with E-state index in [1.54, 1.807) is 36.4 Å². The highest BCUT2D eigenvalue weighted by Crippen LogP contribution is 2.29. The van der Waals surface area contributed by atoms with Crippen molar-refractivity contribution in [2.24, 2.45) is 0 Å². The van der Waals surface area contributed by atoms with Gasteiger partial charge in [0, 0.05) is 18.1 Å². The van der Waals surface area contributed by atoms with Gasteiger partial charge in [0.15, 0.2) is 0 Å². The van der Waals surface area contributed by atoms with Crippen molar-refractivity contribution in [2.45, 2.75) is 13.0 Å². The van der Waals surface area contributed by atoms with Gasteiger partial charge in [-0.15, -0.1) is 0 Å². The number of carbonyl (C=O) groups is 3. The first-order valence-electron chi connectivity index (χ1n) is 8.05. The number of amides is 2. The summed E-state index contributed by atoms with van der Waals surface area (Å²) in [4.78, 5) is 35.0. The second kappa shape index (κ2) is 7.35. The number of aldehydes is 1. The summed E-state index contributed by atoms with van der Waals surface area (Å²) in [6.45, 7) is 1.82. The van der Waals surface area contributed by atoms with Gasteiger partial charge in [0.2, 0.25) is 5.91 Å². The number of rotatable bonds is 5. The number of hydrogen-bond acceptors (Lipinski definition) is 4. The molecular weight excluding hydrogens is 339 g/mol. The van der Waals surface area contributed by atoms with E-state index in [0.29, 0.717) is 22.4 Å². The van der Waals surface area contributed by atoms with Crippen LogP contribution in [0.1, 0.15) is 17.3 Å². The third-order valence-corrected chi connectivity index (χ3v) is 4.07. The maximum absolute atomic E-state index is 14.5. The number of hydrogen-bond donors (Lipinski definition) is 1. The molecule has 2 amide bonds. The minimum Gasteiger partial charge on any atom is -0.442 e. The Morgan fingerprint density at radius 3 is 2.65 bits per heavy atom. The maximum atomic E-state index is 14.5. The maximum Gasteiger partial charge on any atom is 0.414 e. The highest BCUT2D eigenvalue weighted by atomic mass is 19.1. The summed E-state index contributed by atoms with van der Waals surface area (Å²) >= 11 is 0. The molecule has 7 heteroatoms. The summed E-state index contributed by atoms with van der Waals surface area (Å²) in [5.74, 6) is -0.699. The quantitative estimate of drug-likeness (QED) is 0.836. The lowest BCUT2D eigenvalue weighted by Gasteiger charge is -2.14. The van der Waals surface area contributed by atoms with E-state index >= 15 is 0 Å². The molecule has 6 nitrogen and oxygen atoms in total. The Morgan fingerprint density at radius 2 is 2.04 bits per heavy atom. The molecule has 0 spiro atoms. The largest absolute Gasteiger partial charge is 0.442 e. The summed E-state index contributed by atoms with van der Waals surface area (Å²) in [6, 6.07) is 11.0. The van der Waals surface area contributed by atoms with Crippen molar-refractivity contribution in [3.63, 3.8) is 0 Å². The van der Waals surface area contributed by atoms with Crippen LogP contribution in [0.25, 0.3) is 11.1 Å². The van der Waals surface area contributed by atoms with Crippen LogP contribution in [0.2, 0.25) is 0 Å². The molecule has 1 aliphatic heterocycles. The molecule has 1 aliphatic rings. The molecule has 3 rings (SSSR count). The van der Waals surface area contributed by atoms with Gasteiger partial charge in [0.05, 0.1) is 18.8 Å². The number of ether oxygens (including phenoxy) is 1. The summed E-state index contributed by atoms with van der Waals surface area (Å²) < 4.78 is 19.7. The molecule has 1 saturated heterocycles. The summed E-state index contributed by atoms with van der Waals surface area (Å²) in [5.41, 5.74) is 1.89. The smallest absolute Gasteiger partial charge is 0.414 e. The predicted octanol–water partition coefficient (Wildman–Crippen LogP) is 2.77. The Bertz CT molecular complexity index is 851. The Balaban J connectivity index is 1.77. The average molecular weight is 356 g/mol. The number of halogens is 1. The van der Waals surface area contributed by atoms with Crippen molar-refractivity contribution in [3.05, 3.63) is 53.8 Å². The van der Waals surface area contributed by atoms with Crippen LogP contribution in [0.5, 0.6) is 0 Å². The van der Waals surface area contributed by atoms with Crippen molar-refractivity contribution in [2.75, 3.05) is 18.0 Å². The number of anilines is 1. The predicted molar refractivity (Wildman–Crippen MR) is 93.5 cm³/mol. The van der Waals surface area contributed by atoms with Crippen molar-refractivity contribution in [3.8, 4) is 11.1 Å². The number of carbonyl (C=O) groups excluding carboxylic acids is 3. The molecule has 2 aromatic carbocycles. The van der Waals surface area contributed by atoms with Crippen molar-refractivity contribution >= 4 is 24.0 Å². The molecule has 1 unspecified atom stereocenters. The van der Waals surface area contributed by atoms with E-state index in [4.69, 9.17) is 4.74 Å². The molecule has 134 valence electrons. The Hall–Kier alpha value is -3.22. The van der Waals surface area contributed by atoms with Crippen LogP contribution < -0.4 is 10.2 Å².